The lowest BCUT2D eigenvalue weighted by Crippen LogP contribution is -2.48. The SMILES string of the molecule is CCC(Oc1cccc(C2=c3ccc([nH]3)=Cc3ccc([nH]3)C(c3cccc(OC(CC)[N+](C)(C)C)c3)=c3ccc([nH]3)=Cc3ccc2[nH]3)c1)[N+](C)(C)C. The number of benzene rings is 2. The van der Waals surface area contributed by atoms with Gasteiger partial charge in [-0.2, -0.15) is 0 Å². The van der Waals surface area contributed by atoms with Gasteiger partial charge in [-0.3, -0.25) is 8.97 Å². The van der Waals surface area contributed by atoms with Gasteiger partial charge in [-0.1, -0.05) is 38.1 Å². The van der Waals surface area contributed by atoms with E-state index in [0.717, 1.165) is 99.8 Å². The number of nitrogens with one attached hydrogen (secondary N) is 4. The molecular formula is C44H52N6O2+2. The fourth-order valence-electron chi connectivity index (χ4n) is 7.16. The summed E-state index contributed by atoms with van der Waals surface area (Å²) in [6, 6.07) is 34.0. The van der Waals surface area contributed by atoms with E-state index in [0.29, 0.717) is 0 Å². The van der Waals surface area contributed by atoms with Crippen LogP contribution in [0.5, 0.6) is 11.5 Å². The van der Waals surface area contributed by atoms with Crippen LogP contribution < -0.4 is 30.9 Å². The Labute approximate surface area is 306 Å². The normalized spacial score (nSPS) is 14.4. The van der Waals surface area contributed by atoms with Crippen LogP contribution in [0, 0.1) is 0 Å². The van der Waals surface area contributed by atoms with Crippen molar-refractivity contribution in [3.05, 3.63) is 152 Å². The Hall–Kier alpha value is -5.44. The Morgan fingerprint density at radius 3 is 1.31 bits per heavy atom. The molecule has 4 aromatic heterocycles. The second-order valence-electron chi connectivity index (χ2n) is 15.6. The third kappa shape index (κ3) is 7.45. The molecule has 0 radical (unpaired) electrons. The predicted octanol–water partition coefficient (Wildman–Crippen LogP) is 5.11. The van der Waals surface area contributed by atoms with Crippen LogP contribution in [-0.4, -0.2) is 83.6 Å². The maximum Gasteiger partial charge on any atom is 0.232 e. The highest BCUT2D eigenvalue weighted by Crippen LogP contribution is 2.28. The van der Waals surface area contributed by atoms with Gasteiger partial charge in [0.05, 0.1) is 42.3 Å². The number of aromatic amines is 4. The summed E-state index contributed by atoms with van der Waals surface area (Å²) in [4.78, 5) is 14.8. The lowest BCUT2D eigenvalue weighted by atomic mass is 10.0. The largest absolute Gasteiger partial charge is 0.443 e. The van der Waals surface area contributed by atoms with Crippen molar-refractivity contribution in [3.63, 3.8) is 0 Å². The highest BCUT2D eigenvalue weighted by Gasteiger charge is 2.25. The number of hydrogen-bond donors (Lipinski definition) is 4. The number of quaternary nitrogens is 2. The van der Waals surface area contributed by atoms with Gasteiger partial charge in [0.25, 0.3) is 0 Å². The van der Waals surface area contributed by atoms with Crippen LogP contribution in [0.25, 0.3) is 23.3 Å². The van der Waals surface area contributed by atoms with Crippen molar-refractivity contribution in [2.75, 3.05) is 42.3 Å². The van der Waals surface area contributed by atoms with E-state index in [1.807, 2.05) is 12.1 Å². The number of nitrogens with zero attached hydrogens (tertiary/aromatic N) is 2. The minimum Gasteiger partial charge on any atom is -0.443 e. The van der Waals surface area contributed by atoms with E-state index in [-0.39, 0.29) is 12.5 Å². The molecule has 2 atom stereocenters. The fraction of sp³-hybridized carbons (Fsp3) is 0.273. The zero-order valence-corrected chi connectivity index (χ0v) is 31.7. The van der Waals surface area contributed by atoms with Crippen LogP contribution in [0.4, 0.5) is 0 Å². The van der Waals surface area contributed by atoms with Crippen LogP contribution in [0.2, 0.25) is 0 Å². The first kappa shape index (κ1) is 35.0. The number of rotatable bonds is 10. The van der Waals surface area contributed by atoms with E-state index in [2.05, 4.69) is 173 Å². The van der Waals surface area contributed by atoms with Crippen LogP contribution in [-0.2, 0) is 0 Å². The summed E-state index contributed by atoms with van der Waals surface area (Å²) in [5.74, 6) is 1.71. The Kier molecular flexibility index (Phi) is 9.38. The summed E-state index contributed by atoms with van der Waals surface area (Å²) in [6.07, 6.45) is 6.22. The van der Waals surface area contributed by atoms with E-state index in [4.69, 9.17) is 9.47 Å². The molecule has 8 nitrogen and oxygen atoms in total. The zero-order valence-electron chi connectivity index (χ0n) is 31.7. The maximum atomic E-state index is 6.55. The van der Waals surface area contributed by atoms with E-state index in [1.165, 1.54) is 0 Å². The molecule has 0 aliphatic carbocycles. The summed E-state index contributed by atoms with van der Waals surface area (Å²) < 4.78 is 14.5. The molecule has 0 saturated carbocycles. The summed E-state index contributed by atoms with van der Waals surface area (Å²) >= 11 is 0. The Balaban J connectivity index is 1.36. The van der Waals surface area contributed by atoms with Gasteiger partial charge in [0.1, 0.15) is 11.5 Å². The Bertz CT molecular complexity index is 2270. The molecule has 2 aromatic carbocycles. The van der Waals surface area contributed by atoms with E-state index >= 15 is 0 Å². The molecule has 7 rings (SSSR count). The molecule has 0 amide bonds. The second kappa shape index (κ2) is 13.9. The summed E-state index contributed by atoms with van der Waals surface area (Å²) in [5, 5.41) is 4.03. The Morgan fingerprint density at radius 1 is 0.500 bits per heavy atom. The van der Waals surface area contributed by atoms with Gasteiger partial charge >= 0.3 is 0 Å². The van der Waals surface area contributed by atoms with Gasteiger partial charge in [0.2, 0.25) is 12.5 Å². The van der Waals surface area contributed by atoms with Crippen molar-refractivity contribution in [3.8, 4) is 11.5 Å². The molecule has 5 heterocycles. The summed E-state index contributed by atoms with van der Waals surface area (Å²) in [6.45, 7) is 4.34. The van der Waals surface area contributed by atoms with Crippen LogP contribution in [0.1, 0.15) is 60.6 Å². The van der Waals surface area contributed by atoms with Gasteiger partial charge in [-0.05, 0) is 96.1 Å². The second-order valence-corrected chi connectivity index (χ2v) is 15.6. The van der Waals surface area contributed by atoms with E-state index < -0.39 is 0 Å². The molecule has 2 unspecified atom stereocenters. The molecular weight excluding hydrogens is 645 g/mol. The van der Waals surface area contributed by atoms with Crippen molar-refractivity contribution in [1.82, 2.24) is 19.9 Å². The van der Waals surface area contributed by atoms with Crippen molar-refractivity contribution in [1.29, 1.82) is 0 Å². The van der Waals surface area contributed by atoms with Crippen molar-refractivity contribution >= 4 is 23.3 Å². The van der Waals surface area contributed by atoms with Crippen LogP contribution in [0.15, 0.2) is 97.1 Å². The number of hydrogen-bond acceptors (Lipinski definition) is 2. The van der Waals surface area contributed by atoms with Crippen molar-refractivity contribution < 1.29 is 18.4 Å². The molecule has 52 heavy (non-hydrogen) atoms. The van der Waals surface area contributed by atoms with Crippen molar-refractivity contribution in [2.45, 2.75) is 39.1 Å². The molecule has 6 aromatic rings. The standard InChI is InChI=1S/C44H52N6O2/c1-9-41(49(3,4)5)51-35-15-11-13-29(25-35)43-37-21-17-31(45-37)27-33-19-23-39(47-33)44(40-24-20-34(48-40)28-32-18-22-38(43)46-32)30-14-12-16-36(26-30)52-42(10-2)50(6,7)8/h11-28,41-42,45-48H,9-10H2,1-8H3/q+2. The van der Waals surface area contributed by atoms with Gasteiger partial charge < -0.3 is 29.4 Å². The summed E-state index contributed by atoms with van der Waals surface area (Å²) in [7, 11) is 13.0. The summed E-state index contributed by atoms with van der Waals surface area (Å²) in [5.41, 5.74) is 8.31. The van der Waals surface area contributed by atoms with E-state index in [1.54, 1.807) is 0 Å². The average Bonchev–Trinajstić information content (AvgIpc) is 3.93. The van der Waals surface area contributed by atoms with Crippen molar-refractivity contribution in [2.24, 2.45) is 0 Å². The monoisotopic (exact) mass is 696 g/mol. The topological polar surface area (TPSA) is 81.6 Å². The molecule has 268 valence electrons. The maximum absolute atomic E-state index is 6.55. The molecule has 1 aliphatic heterocycles. The average molecular weight is 697 g/mol. The quantitative estimate of drug-likeness (QED) is 0.119. The first-order valence-corrected chi connectivity index (χ1v) is 18.3. The zero-order chi connectivity index (χ0) is 36.6. The fourth-order valence-corrected chi connectivity index (χ4v) is 7.16. The molecule has 0 spiro atoms. The first-order chi connectivity index (χ1) is 24.9. The highest BCUT2D eigenvalue weighted by atomic mass is 16.5. The third-order valence-electron chi connectivity index (χ3n) is 9.75. The molecule has 0 saturated heterocycles. The highest BCUT2D eigenvalue weighted by molar-refractivity contribution is 5.80. The van der Waals surface area contributed by atoms with Gasteiger partial charge in [0.15, 0.2) is 0 Å². The number of fused-ring (bicyclic) bond motifs is 8. The van der Waals surface area contributed by atoms with Crippen LogP contribution in [0.3, 0.4) is 0 Å². The molecule has 1 aliphatic rings. The minimum atomic E-state index is 0.0447. The molecule has 4 N–H and O–H groups in total. The van der Waals surface area contributed by atoms with E-state index in [9.17, 15) is 0 Å². The first-order valence-electron chi connectivity index (χ1n) is 18.3. The van der Waals surface area contributed by atoms with Crippen LogP contribution >= 0.6 is 0 Å². The molecule has 8 heteroatoms. The van der Waals surface area contributed by atoms with Gasteiger partial charge in [0, 0.05) is 68.2 Å². The number of ether oxygens (including phenoxy) is 2. The molecule has 0 fully saturated rings. The number of aromatic nitrogens is 4. The predicted molar refractivity (Wildman–Crippen MR) is 210 cm³/mol. The van der Waals surface area contributed by atoms with Gasteiger partial charge in [-0.25, -0.2) is 0 Å². The molecule has 8 bridgehead atoms. The Morgan fingerprint density at radius 2 is 0.923 bits per heavy atom. The minimum absolute atomic E-state index is 0.0447. The smallest absolute Gasteiger partial charge is 0.232 e. The third-order valence-corrected chi connectivity index (χ3v) is 9.75. The van der Waals surface area contributed by atoms with Gasteiger partial charge in [-0.15, -0.1) is 0 Å². The lowest BCUT2D eigenvalue weighted by molar-refractivity contribution is -0.915. The number of H-pyrrole nitrogens is 4. The lowest BCUT2D eigenvalue weighted by Gasteiger charge is -2.33.